The van der Waals surface area contributed by atoms with Gasteiger partial charge in [0.2, 0.25) is 5.79 Å². The zero-order valence-electron chi connectivity index (χ0n) is 19.6. The first kappa shape index (κ1) is 20.6. The molecule has 0 bridgehead atoms. The van der Waals surface area contributed by atoms with E-state index in [0.29, 0.717) is 42.5 Å². The Morgan fingerprint density at radius 1 is 1.03 bits per heavy atom. The second kappa shape index (κ2) is 6.53. The van der Waals surface area contributed by atoms with Gasteiger partial charge >= 0.3 is 0 Å². The summed E-state index contributed by atoms with van der Waals surface area (Å²) >= 11 is 0. The van der Waals surface area contributed by atoms with E-state index >= 15 is 0 Å². The number of carbonyl (C=O) groups is 2. The van der Waals surface area contributed by atoms with Crippen LogP contribution >= 0.6 is 0 Å². The second-order valence-corrected chi connectivity index (χ2v) is 12.5. The quantitative estimate of drug-likeness (QED) is 0.514. The first-order chi connectivity index (χ1) is 14.7. The molecule has 0 radical (unpaired) electrons. The van der Waals surface area contributed by atoms with Crippen LogP contribution in [0.15, 0.2) is 12.2 Å². The van der Waals surface area contributed by atoms with Crippen molar-refractivity contribution >= 4 is 11.6 Å². The average Bonchev–Trinajstić information content (AvgIpc) is 3.17. The van der Waals surface area contributed by atoms with Gasteiger partial charge in [-0.15, -0.1) is 0 Å². The lowest BCUT2D eigenvalue weighted by molar-refractivity contribution is -0.252. The number of allylic oxidation sites excluding steroid dienone is 2. The van der Waals surface area contributed by atoms with E-state index < -0.39 is 5.79 Å². The number of rotatable bonds is 0. The van der Waals surface area contributed by atoms with E-state index in [9.17, 15) is 9.59 Å². The van der Waals surface area contributed by atoms with Crippen molar-refractivity contribution in [1.29, 1.82) is 0 Å². The van der Waals surface area contributed by atoms with Crippen LogP contribution in [-0.2, 0) is 19.1 Å². The van der Waals surface area contributed by atoms with E-state index in [1.54, 1.807) is 0 Å². The molecule has 2 aliphatic heterocycles. The van der Waals surface area contributed by atoms with Crippen LogP contribution in [0.1, 0.15) is 72.6 Å². The Hall–Kier alpha value is -1.00. The maximum Gasteiger partial charge on any atom is 0.232 e. The largest absolute Gasteiger partial charge is 0.343 e. The van der Waals surface area contributed by atoms with E-state index in [1.807, 2.05) is 0 Å². The van der Waals surface area contributed by atoms with E-state index in [4.69, 9.17) is 9.47 Å². The van der Waals surface area contributed by atoms with Crippen LogP contribution in [0, 0.1) is 52.3 Å². The molecule has 0 aromatic rings. The number of ether oxygens (including phenoxy) is 2. The topological polar surface area (TPSA) is 52.6 Å². The van der Waals surface area contributed by atoms with Crippen molar-refractivity contribution in [2.45, 2.75) is 84.5 Å². The van der Waals surface area contributed by atoms with Gasteiger partial charge in [0.15, 0.2) is 5.78 Å². The maximum atomic E-state index is 13.3. The number of ketones is 2. The van der Waals surface area contributed by atoms with Crippen LogP contribution in [-0.4, -0.2) is 30.1 Å². The van der Waals surface area contributed by atoms with Gasteiger partial charge in [-0.1, -0.05) is 39.8 Å². The molecular weight excluding hydrogens is 388 g/mol. The smallest absolute Gasteiger partial charge is 0.232 e. The van der Waals surface area contributed by atoms with Gasteiger partial charge in [0.05, 0.1) is 12.7 Å². The molecule has 0 amide bonds. The highest BCUT2D eigenvalue weighted by Gasteiger charge is 2.71. The Morgan fingerprint density at radius 3 is 2.61 bits per heavy atom. The predicted octanol–water partition coefficient (Wildman–Crippen LogP) is 4.96. The molecule has 3 saturated carbocycles. The van der Waals surface area contributed by atoms with Crippen molar-refractivity contribution in [2.75, 3.05) is 6.61 Å². The standard InChI is InChI=1S/C27H38O4/c1-15-11-23(29)27(30-14-15)16(2)24-22(31-27)13-20-17-12-21(28)19-7-5-6-9-25(19,3)18(17)8-10-26(20,24)4/h5-6,15-20,22,24H,7-14H2,1-4H3/t15-,16-,17+,18-,19+,20-,22-,24-,25+,26-,27-/m0/s1. The average molecular weight is 427 g/mol. The normalized spacial score (nSPS) is 58.1. The molecule has 2 heterocycles. The number of hydrogen-bond donors (Lipinski definition) is 0. The molecule has 1 spiro atoms. The summed E-state index contributed by atoms with van der Waals surface area (Å²) < 4.78 is 12.8. The van der Waals surface area contributed by atoms with Crippen molar-refractivity contribution in [3.63, 3.8) is 0 Å². The zero-order chi connectivity index (χ0) is 21.8. The van der Waals surface area contributed by atoms with Crippen LogP contribution in [0.25, 0.3) is 0 Å². The monoisotopic (exact) mass is 426 g/mol. The van der Waals surface area contributed by atoms with Crippen LogP contribution in [0.2, 0.25) is 0 Å². The van der Waals surface area contributed by atoms with Crippen LogP contribution < -0.4 is 0 Å². The number of fused-ring (bicyclic) bond motifs is 7. The molecule has 170 valence electrons. The highest BCUT2D eigenvalue weighted by atomic mass is 16.7. The molecule has 4 nitrogen and oxygen atoms in total. The number of hydrogen-bond acceptors (Lipinski definition) is 4. The van der Waals surface area contributed by atoms with E-state index in [2.05, 4.69) is 39.8 Å². The summed E-state index contributed by atoms with van der Waals surface area (Å²) in [7, 11) is 0. The molecule has 2 saturated heterocycles. The Kier molecular flexibility index (Phi) is 4.34. The van der Waals surface area contributed by atoms with Gasteiger partial charge in [-0.2, -0.15) is 0 Å². The summed E-state index contributed by atoms with van der Waals surface area (Å²) in [6.07, 6.45) is 11.3. The fourth-order valence-corrected chi connectivity index (χ4v) is 9.62. The first-order valence-electron chi connectivity index (χ1n) is 12.7. The van der Waals surface area contributed by atoms with Gasteiger partial charge in [-0.3, -0.25) is 9.59 Å². The minimum atomic E-state index is -1.01. The van der Waals surface area contributed by atoms with Gasteiger partial charge < -0.3 is 9.47 Å². The minimum absolute atomic E-state index is 0.0873. The third-order valence-corrected chi connectivity index (χ3v) is 11.1. The molecule has 31 heavy (non-hydrogen) atoms. The molecule has 6 rings (SSSR count). The van der Waals surface area contributed by atoms with Crippen LogP contribution in [0.5, 0.6) is 0 Å². The summed E-state index contributed by atoms with van der Waals surface area (Å²) in [4.78, 5) is 26.4. The molecule has 0 aromatic carbocycles. The highest BCUT2D eigenvalue weighted by molar-refractivity contribution is 5.87. The Morgan fingerprint density at radius 2 is 1.84 bits per heavy atom. The Labute approximate surface area is 186 Å². The van der Waals surface area contributed by atoms with Gasteiger partial charge in [-0.05, 0) is 72.5 Å². The van der Waals surface area contributed by atoms with Crippen molar-refractivity contribution in [3.8, 4) is 0 Å². The molecule has 6 aliphatic rings. The third-order valence-electron chi connectivity index (χ3n) is 11.1. The fourth-order valence-electron chi connectivity index (χ4n) is 9.62. The summed E-state index contributed by atoms with van der Waals surface area (Å²) in [5.41, 5.74) is 0.259. The van der Waals surface area contributed by atoms with Gasteiger partial charge in [0.1, 0.15) is 5.78 Å². The fraction of sp³-hybridized carbons (Fsp3) is 0.852. The Bertz CT molecular complexity index is 848. The van der Waals surface area contributed by atoms with E-state index in [0.717, 1.165) is 25.7 Å². The molecule has 4 aliphatic carbocycles. The molecule has 5 fully saturated rings. The van der Waals surface area contributed by atoms with Crippen molar-refractivity contribution in [3.05, 3.63) is 12.2 Å². The summed E-state index contributed by atoms with van der Waals surface area (Å²) in [5, 5.41) is 0. The maximum absolute atomic E-state index is 13.3. The second-order valence-electron chi connectivity index (χ2n) is 12.5. The minimum Gasteiger partial charge on any atom is -0.343 e. The molecule has 0 aromatic heterocycles. The SMILES string of the molecule is C[C@@H]1CO[C@@]2(O[C@H]3C[C@H]4[C@@H]5CC(=O)[C@H]6CC=CC[C@]6(C)[C@H]5CC[C@]4(C)[C@H]3[C@@H]2C)C(=O)C1. The molecule has 0 N–H and O–H groups in total. The Balaban J connectivity index is 1.32. The molecular formula is C27H38O4. The van der Waals surface area contributed by atoms with E-state index in [1.165, 1.54) is 12.8 Å². The van der Waals surface area contributed by atoms with E-state index in [-0.39, 0.29) is 40.5 Å². The first-order valence-corrected chi connectivity index (χ1v) is 12.7. The lowest BCUT2D eigenvalue weighted by Crippen LogP contribution is -2.57. The zero-order valence-corrected chi connectivity index (χ0v) is 19.6. The lowest BCUT2D eigenvalue weighted by atomic mass is 9.45. The van der Waals surface area contributed by atoms with Gasteiger partial charge in [0.25, 0.3) is 0 Å². The highest BCUT2D eigenvalue weighted by Crippen LogP contribution is 2.70. The third kappa shape index (κ3) is 2.50. The molecule has 4 heteroatoms. The summed E-state index contributed by atoms with van der Waals surface area (Å²) in [6.45, 7) is 9.75. The van der Waals surface area contributed by atoms with Crippen LogP contribution in [0.4, 0.5) is 0 Å². The molecule has 11 atom stereocenters. The summed E-state index contributed by atoms with van der Waals surface area (Å²) in [6, 6.07) is 0. The van der Waals surface area contributed by atoms with Crippen molar-refractivity contribution in [1.82, 2.24) is 0 Å². The van der Waals surface area contributed by atoms with Gasteiger partial charge in [0, 0.05) is 24.7 Å². The number of Topliss-reactive ketones (excluding diaryl/α,β-unsaturated/α-hetero) is 2. The van der Waals surface area contributed by atoms with Crippen LogP contribution in [0.3, 0.4) is 0 Å². The van der Waals surface area contributed by atoms with Gasteiger partial charge in [-0.25, -0.2) is 0 Å². The summed E-state index contributed by atoms with van der Waals surface area (Å²) in [5.74, 6) is 2.20. The van der Waals surface area contributed by atoms with Crippen molar-refractivity contribution < 1.29 is 19.1 Å². The lowest BCUT2D eigenvalue weighted by Gasteiger charge is -2.59. The predicted molar refractivity (Wildman–Crippen MR) is 117 cm³/mol. The number of carbonyl (C=O) groups excluding carboxylic acids is 2. The molecule has 0 unspecified atom stereocenters. The van der Waals surface area contributed by atoms with Crippen molar-refractivity contribution in [2.24, 2.45) is 52.3 Å².